The number of hydrogen-bond donors (Lipinski definition) is 0. The van der Waals surface area contributed by atoms with Crippen LogP contribution >= 0.6 is 65.8 Å². The van der Waals surface area contributed by atoms with E-state index in [0.29, 0.717) is 3.74 Å². The van der Waals surface area contributed by atoms with E-state index in [1.807, 2.05) is 0 Å². The van der Waals surface area contributed by atoms with E-state index in [1.54, 1.807) is 0 Å². The zero-order valence-corrected chi connectivity index (χ0v) is 10.5. The fourth-order valence-electron chi connectivity index (χ4n) is 0. The van der Waals surface area contributed by atoms with Crippen LogP contribution in [0.4, 0.5) is 0 Å². The van der Waals surface area contributed by atoms with Gasteiger partial charge in [-0.15, -0.1) is 34.0 Å². The van der Waals surface area contributed by atoms with Crippen molar-refractivity contribution in [1.29, 1.82) is 0 Å². The first-order valence-electron chi connectivity index (χ1n) is 1.55. The van der Waals surface area contributed by atoms with E-state index in [-0.39, 0.29) is 34.0 Å². The smallest absolute Gasteiger partial charge is 0.0695 e. The van der Waals surface area contributed by atoms with Gasteiger partial charge in [-0.2, -0.15) is 0 Å². The Hall–Kier alpha value is 1.92. The van der Waals surface area contributed by atoms with Crippen LogP contribution < -0.4 is 0 Å². The third-order valence-electron chi connectivity index (χ3n) is 0.309. The van der Waals surface area contributed by atoms with Gasteiger partial charge in [-0.1, -0.05) is 38.8 Å². The minimum atomic E-state index is 0. The summed E-state index contributed by atoms with van der Waals surface area (Å²) in [6.07, 6.45) is 1.14. The predicted octanol–water partition coefficient (Wildman–Crippen LogP) is 3.67. The maximum atomic E-state index is 3.29. The van der Waals surface area contributed by atoms with E-state index in [0.717, 1.165) is 6.42 Å². The highest BCUT2D eigenvalue weighted by molar-refractivity contribution is 9.24. The molecule has 48 valence electrons. The van der Waals surface area contributed by atoms with Gasteiger partial charge >= 0.3 is 0 Å². The topological polar surface area (TPSA) is 0 Å². The van der Waals surface area contributed by atoms with E-state index in [1.165, 1.54) is 0 Å². The molecule has 0 saturated heterocycles. The molecule has 0 atom stereocenters. The van der Waals surface area contributed by atoms with Crippen molar-refractivity contribution in [2.45, 2.75) is 17.1 Å². The molecule has 0 heterocycles. The second-order valence-electron chi connectivity index (χ2n) is 0.799. The third-order valence-corrected chi connectivity index (χ3v) is 1.60. The molecule has 0 aromatic heterocycles. The van der Waals surface area contributed by atoms with Gasteiger partial charge in [0.1, 0.15) is 0 Å². The van der Waals surface area contributed by atoms with Crippen molar-refractivity contribution in [1.82, 2.24) is 0 Å². The van der Waals surface area contributed by atoms with Crippen molar-refractivity contribution in [3.63, 3.8) is 0 Å². The maximum Gasteiger partial charge on any atom is 0.0695 e. The lowest BCUT2D eigenvalue weighted by Gasteiger charge is -1.85. The van der Waals surface area contributed by atoms with Crippen LogP contribution in [0.25, 0.3) is 0 Å². The summed E-state index contributed by atoms with van der Waals surface area (Å²) in [4.78, 5) is 0. The van der Waals surface area contributed by atoms with Gasteiger partial charge in [-0.25, -0.2) is 0 Å². The summed E-state index contributed by atoms with van der Waals surface area (Å²) in [7, 11) is 0. The van der Waals surface area contributed by atoms with Gasteiger partial charge in [0, 0.05) is 0 Å². The quantitative estimate of drug-likeness (QED) is 0.624. The van der Waals surface area contributed by atoms with Crippen LogP contribution in [0.1, 0.15) is 13.3 Å². The van der Waals surface area contributed by atoms with E-state index < -0.39 is 0 Å². The van der Waals surface area contributed by atoms with Crippen molar-refractivity contribution in [3.05, 3.63) is 0 Å². The fourth-order valence-corrected chi connectivity index (χ4v) is 0. The molecule has 0 radical (unpaired) electrons. The molecule has 0 aromatic rings. The Kier molecular flexibility index (Phi) is 24.7. The first-order valence-corrected chi connectivity index (χ1v) is 3.38. The molecule has 0 N–H and O–H groups in total. The first-order chi connectivity index (χ1) is 2.27. The van der Waals surface area contributed by atoms with E-state index in [2.05, 4.69) is 38.8 Å². The molecule has 0 nitrogen and oxygen atoms in total. The standard InChI is InChI=1S/C3H6Br2.2BrH/c1-2-3(4)5;;/h3H,2H2,1H3;2*1H. The van der Waals surface area contributed by atoms with Crippen LogP contribution in [0.5, 0.6) is 0 Å². The molecule has 0 aliphatic carbocycles. The highest BCUT2D eigenvalue weighted by Gasteiger charge is 1.85. The molecule has 0 aromatic carbocycles. The summed E-state index contributed by atoms with van der Waals surface area (Å²) >= 11 is 6.58. The number of hydrogen-bond acceptors (Lipinski definition) is 0. The molecule has 0 aliphatic rings. The molecule has 4 heteroatoms. The van der Waals surface area contributed by atoms with E-state index in [4.69, 9.17) is 0 Å². The average Bonchev–Trinajstić information content (AvgIpc) is 1.38. The summed E-state index contributed by atoms with van der Waals surface area (Å²) in [5.74, 6) is 0. The average molecular weight is 364 g/mol. The van der Waals surface area contributed by atoms with E-state index >= 15 is 0 Å². The van der Waals surface area contributed by atoms with Crippen molar-refractivity contribution < 1.29 is 0 Å². The Morgan fingerprint density at radius 1 is 1.29 bits per heavy atom. The normalized spacial score (nSPS) is 6.86. The minimum absolute atomic E-state index is 0. The minimum Gasteiger partial charge on any atom is -0.114 e. The molecule has 0 fully saturated rings. The Labute approximate surface area is 82.2 Å². The van der Waals surface area contributed by atoms with Crippen LogP contribution in [0.15, 0.2) is 0 Å². The highest BCUT2D eigenvalue weighted by atomic mass is 79.9. The molecular formula is C3H8Br4. The lowest BCUT2D eigenvalue weighted by atomic mass is 10.6. The van der Waals surface area contributed by atoms with Crippen molar-refractivity contribution in [3.8, 4) is 0 Å². The van der Waals surface area contributed by atoms with Gasteiger partial charge in [0.2, 0.25) is 0 Å². The van der Waals surface area contributed by atoms with Crippen LogP contribution in [0, 0.1) is 0 Å². The van der Waals surface area contributed by atoms with Crippen molar-refractivity contribution >= 4 is 65.8 Å². The zero-order valence-electron chi connectivity index (χ0n) is 3.86. The number of rotatable bonds is 1. The fraction of sp³-hybridized carbons (Fsp3) is 1.00. The van der Waals surface area contributed by atoms with Crippen LogP contribution in [-0.2, 0) is 0 Å². The predicted molar refractivity (Wildman–Crippen MR) is 52.6 cm³/mol. The first kappa shape index (κ1) is 16.0. The van der Waals surface area contributed by atoms with Gasteiger partial charge in [-0.05, 0) is 6.42 Å². The summed E-state index contributed by atoms with van der Waals surface area (Å²) < 4.78 is 0.509. The third kappa shape index (κ3) is 18.1. The molecule has 0 bridgehead atoms. The zero-order chi connectivity index (χ0) is 4.28. The molecule has 0 aliphatic heterocycles. The van der Waals surface area contributed by atoms with Crippen LogP contribution in [0.2, 0.25) is 0 Å². The van der Waals surface area contributed by atoms with Crippen molar-refractivity contribution in [2.75, 3.05) is 0 Å². The van der Waals surface area contributed by atoms with Gasteiger partial charge in [0.15, 0.2) is 0 Å². The Bertz CT molecular complexity index is 20.9. The summed E-state index contributed by atoms with van der Waals surface area (Å²) in [5, 5.41) is 0. The van der Waals surface area contributed by atoms with Gasteiger partial charge < -0.3 is 0 Å². The van der Waals surface area contributed by atoms with Crippen LogP contribution in [-0.4, -0.2) is 3.74 Å². The lowest BCUT2D eigenvalue weighted by molar-refractivity contribution is 1.08. The molecule has 7 heavy (non-hydrogen) atoms. The van der Waals surface area contributed by atoms with Crippen molar-refractivity contribution in [2.24, 2.45) is 0 Å². The van der Waals surface area contributed by atoms with E-state index in [9.17, 15) is 0 Å². The molecule has 0 unspecified atom stereocenters. The number of alkyl halides is 2. The molecule has 0 amide bonds. The van der Waals surface area contributed by atoms with Gasteiger partial charge in [-0.3, -0.25) is 0 Å². The molecule has 0 spiro atoms. The second kappa shape index (κ2) is 10.8. The molecule has 0 rings (SSSR count). The Balaban J connectivity index is -0.0000000800. The molecule has 0 saturated carbocycles. The van der Waals surface area contributed by atoms with Gasteiger partial charge in [0.05, 0.1) is 3.74 Å². The summed E-state index contributed by atoms with van der Waals surface area (Å²) in [5.41, 5.74) is 0. The Morgan fingerprint density at radius 2 is 1.43 bits per heavy atom. The second-order valence-corrected chi connectivity index (χ2v) is 4.24. The largest absolute Gasteiger partial charge is 0.114 e. The lowest BCUT2D eigenvalue weighted by Crippen LogP contribution is -1.73. The summed E-state index contributed by atoms with van der Waals surface area (Å²) in [6, 6.07) is 0. The monoisotopic (exact) mass is 360 g/mol. The molecular weight excluding hydrogens is 356 g/mol. The highest BCUT2D eigenvalue weighted by Crippen LogP contribution is 2.10. The summed E-state index contributed by atoms with van der Waals surface area (Å²) in [6.45, 7) is 2.11. The maximum absolute atomic E-state index is 3.29. The Morgan fingerprint density at radius 3 is 1.43 bits per heavy atom. The van der Waals surface area contributed by atoms with Gasteiger partial charge in [0.25, 0.3) is 0 Å². The van der Waals surface area contributed by atoms with Crippen LogP contribution in [0.3, 0.4) is 0 Å². The SMILES string of the molecule is Br.Br.CCC(Br)Br. The number of halogens is 4.